The van der Waals surface area contributed by atoms with Gasteiger partial charge in [0.15, 0.2) is 0 Å². The van der Waals surface area contributed by atoms with Crippen LogP contribution in [0.5, 0.6) is 0 Å². The summed E-state index contributed by atoms with van der Waals surface area (Å²) in [6, 6.07) is 0. The van der Waals surface area contributed by atoms with E-state index in [1.54, 1.807) is 0 Å². The van der Waals surface area contributed by atoms with Gasteiger partial charge in [-0.2, -0.15) is 0 Å². The molecule has 1 heteroatoms. The van der Waals surface area contributed by atoms with Gasteiger partial charge in [0, 0.05) is 0 Å². The van der Waals surface area contributed by atoms with Gasteiger partial charge in [-0.15, -0.1) is 0 Å². The fourth-order valence-corrected chi connectivity index (χ4v) is 2.15. The second kappa shape index (κ2) is 6.83. The Morgan fingerprint density at radius 1 is 1.57 bits per heavy atom. The molecular weight excluding hydrogens is 172 g/mol. The minimum absolute atomic E-state index is 0.269. The average molecular weight is 194 g/mol. The summed E-state index contributed by atoms with van der Waals surface area (Å²) in [6.07, 6.45) is 14.0. The van der Waals surface area contributed by atoms with Crippen LogP contribution >= 0.6 is 0 Å². The molecule has 0 aliphatic heterocycles. The molecule has 1 nitrogen and oxygen atoms in total. The molecule has 0 radical (unpaired) electrons. The van der Waals surface area contributed by atoms with Crippen molar-refractivity contribution in [1.29, 1.82) is 0 Å². The minimum Gasteiger partial charge on any atom is -0.392 e. The number of allylic oxidation sites excluding steroid dienone is 3. The summed E-state index contributed by atoms with van der Waals surface area (Å²) in [6.45, 7) is 2.35. The van der Waals surface area contributed by atoms with Gasteiger partial charge in [0.25, 0.3) is 0 Å². The van der Waals surface area contributed by atoms with Crippen molar-refractivity contribution >= 4 is 0 Å². The van der Waals surface area contributed by atoms with E-state index in [0.717, 1.165) is 12.3 Å². The highest BCUT2D eigenvalue weighted by Gasteiger charge is 2.13. The van der Waals surface area contributed by atoms with E-state index < -0.39 is 0 Å². The Morgan fingerprint density at radius 3 is 3.14 bits per heavy atom. The van der Waals surface area contributed by atoms with Crippen LogP contribution in [0.4, 0.5) is 0 Å². The van der Waals surface area contributed by atoms with Crippen LogP contribution in [-0.4, -0.2) is 11.7 Å². The molecule has 1 atom stereocenters. The maximum atomic E-state index is 9.04. The van der Waals surface area contributed by atoms with E-state index in [1.165, 1.54) is 37.7 Å². The van der Waals surface area contributed by atoms with Gasteiger partial charge in [-0.1, -0.05) is 18.2 Å². The first kappa shape index (κ1) is 11.5. The van der Waals surface area contributed by atoms with Crippen LogP contribution in [0.25, 0.3) is 0 Å². The molecular formula is C13H22O. The fraction of sp³-hybridized carbons (Fsp3) is 0.692. The Kier molecular flexibility index (Phi) is 5.62. The van der Waals surface area contributed by atoms with Crippen LogP contribution < -0.4 is 0 Å². The zero-order valence-corrected chi connectivity index (χ0v) is 9.21. The molecule has 0 saturated heterocycles. The first-order valence-corrected chi connectivity index (χ1v) is 5.76. The summed E-state index contributed by atoms with van der Waals surface area (Å²) >= 11 is 0. The third-order valence-electron chi connectivity index (χ3n) is 2.98. The summed E-state index contributed by atoms with van der Waals surface area (Å²) in [5.74, 6) is 0.826. The molecule has 14 heavy (non-hydrogen) atoms. The quantitative estimate of drug-likeness (QED) is 0.525. The van der Waals surface area contributed by atoms with E-state index in [-0.39, 0.29) is 6.61 Å². The van der Waals surface area contributed by atoms with Gasteiger partial charge in [0.05, 0.1) is 6.61 Å². The zero-order chi connectivity index (χ0) is 10.2. The Bertz CT molecular complexity index is 203. The molecule has 1 aliphatic carbocycles. The van der Waals surface area contributed by atoms with Crippen molar-refractivity contribution < 1.29 is 5.11 Å². The summed E-state index contributed by atoms with van der Waals surface area (Å²) in [5, 5.41) is 9.04. The maximum Gasteiger partial charge on any atom is 0.0641 e. The van der Waals surface area contributed by atoms with E-state index >= 15 is 0 Å². The molecule has 0 aromatic rings. The first-order valence-electron chi connectivity index (χ1n) is 5.76. The highest BCUT2D eigenvalue weighted by atomic mass is 16.3. The average Bonchev–Trinajstić information content (AvgIpc) is 2.25. The lowest BCUT2D eigenvalue weighted by molar-refractivity contribution is 0.307. The van der Waals surface area contributed by atoms with Gasteiger partial charge in [-0.3, -0.25) is 0 Å². The molecule has 1 unspecified atom stereocenters. The van der Waals surface area contributed by atoms with Crippen LogP contribution in [-0.2, 0) is 0 Å². The van der Waals surface area contributed by atoms with Crippen molar-refractivity contribution in [2.45, 2.75) is 45.4 Å². The second-order valence-electron chi connectivity index (χ2n) is 4.17. The van der Waals surface area contributed by atoms with Crippen molar-refractivity contribution in [2.75, 3.05) is 6.61 Å². The second-order valence-corrected chi connectivity index (χ2v) is 4.17. The monoisotopic (exact) mass is 194 g/mol. The number of hydrogen-bond acceptors (Lipinski definition) is 1. The van der Waals surface area contributed by atoms with Gasteiger partial charge in [-0.25, -0.2) is 0 Å². The van der Waals surface area contributed by atoms with Crippen molar-refractivity contribution in [3.63, 3.8) is 0 Å². The summed E-state index contributed by atoms with van der Waals surface area (Å²) in [7, 11) is 0. The van der Waals surface area contributed by atoms with Crippen LogP contribution in [0.2, 0.25) is 0 Å². The van der Waals surface area contributed by atoms with Gasteiger partial charge in [-0.05, 0) is 56.9 Å². The summed E-state index contributed by atoms with van der Waals surface area (Å²) in [4.78, 5) is 0. The largest absolute Gasteiger partial charge is 0.392 e. The van der Waals surface area contributed by atoms with E-state index in [4.69, 9.17) is 5.11 Å². The van der Waals surface area contributed by atoms with Crippen molar-refractivity contribution in [3.05, 3.63) is 23.8 Å². The number of aliphatic hydroxyl groups excluding tert-OH is 1. The SMILES string of the molecule is C/C=C\CCCC1CCC=C(CO)C1. The Morgan fingerprint density at radius 2 is 2.43 bits per heavy atom. The maximum absolute atomic E-state index is 9.04. The Labute approximate surface area is 87.5 Å². The molecule has 0 fully saturated rings. The lowest BCUT2D eigenvalue weighted by atomic mass is 9.85. The molecule has 0 aromatic heterocycles. The molecule has 0 heterocycles. The molecule has 0 saturated carbocycles. The van der Waals surface area contributed by atoms with Crippen LogP contribution in [0, 0.1) is 5.92 Å². The van der Waals surface area contributed by atoms with Crippen LogP contribution in [0.1, 0.15) is 45.4 Å². The third-order valence-corrected chi connectivity index (χ3v) is 2.98. The molecule has 1 aliphatic rings. The molecule has 0 spiro atoms. The van der Waals surface area contributed by atoms with Gasteiger partial charge in [0.1, 0.15) is 0 Å². The van der Waals surface area contributed by atoms with E-state index in [0.29, 0.717) is 0 Å². The molecule has 1 N–H and O–H groups in total. The van der Waals surface area contributed by atoms with Crippen molar-refractivity contribution in [3.8, 4) is 0 Å². The molecule has 0 amide bonds. The Hall–Kier alpha value is -0.560. The van der Waals surface area contributed by atoms with Crippen molar-refractivity contribution in [1.82, 2.24) is 0 Å². The number of hydrogen-bond donors (Lipinski definition) is 1. The summed E-state index contributed by atoms with van der Waals surface area (Å²) < 4.78 is 0. The van der Waals surface area contributed by atoms with Crippen molar-refractivity contribution in [2.24, 2.45) is 5.92 Å². The lowest BCUT2D eigenvalue weighted by Gasteiger charge is -2.21. The lowest BCUT2D eigenvalue weighted by Crippen LogP contribution is -2.08. The van der Waals surface area contributed by atoms with Crippen LogP contribution in [0.3, 0.4) is 0 Å². The van der Waals surface area contributed by atoms with Gasteiger partial charge in [0.2, 0.25) is 0 Å². The van der Waals surface area contributed by atoms with E-state index in [2.05, 4.69) is 25.2 Å². The summed E-state index contributed by atoms with van der Waals surface area (Å²) in [5.41, 5.74) is 1.26. The van der Waals surface area contributed by atoms with Gasteiger partial charge < -0.3 is 5.11 Å². The Balaban J connectivity index is 2.17. The topological polar surface area (TPSA) is 20.2 Å². The van der Waals surface area contributed by atoms with E-state index in [9.17, 15) is 0 Å². The number of rotatable bonds is 5. The normalized spacial score (nSPS) is 22.7. The fourth-order valence-electron chi connectivity index (χ4n) is 2.15. The first-order chi connectivity index (χ1) is 6.86. The third kappa shape index (κ3) is 4.10. The molecule has 80 valence electrons. The van der Waals surface area contributed by atoms with E-state index in [1.807, 2.05) is 0 Å². The minimum atomic E-state index is 0.269. The highest BCUT2D eigenvalue weighted by Crippen LogP contribution is 2.27. The van der Waals surface area contributed by atoms with Crippen LogP contribution in [0.15, 0.2) is 23.8 Å². The predicted molar refractivity (Wildman–Crippen MR) is 61.2 cm³/mol. The highest BCUT2D eigenvalue weighted by molar-refractivity contribution is 5.06. The standard InChI is InChI=1S/C13H22O/c1-2-3-4-5-7-12-8-6-9-13(10-12)11-14/h2-3,9,12,14H,4-8,10-11H2,1H3/b3-2-. The number of unbranched alkanes of at least 4 members (excludes halogenated alkanes) is 1. The molecule has 0 aromatic carbocycles. The smallest absolute Gasteiger partial charge is 0.0641 e. The predicted octanol–water partition coefficient (Wildman–Crippen LogP) is 3.45. The molecule has 1 rings (SSSR count). The van der Waals surface area contributed by atoms with Gasteiger partial charge >= 0.3 is 0 Å². The zero-order valence-electron chi connectivity index (χ0n) is 9.21. The molecule has 0 bridgehead atoms. The number of aliphatic hydroxyl groups is 1.